The molecule has 0 aromatic carbocycles. The predicted octanol–water partition coefficient (Wildman–Crippen LogP) is 1.87. The first kappa shape index (κ1) is 13.0. The number of carbonyl (C=O) groups is 1. The Labute approximate surface area is 110 Å². The number of hydrogen-bond acceptors (Lipinski definition) is 5. The summed E-state index contributed by atoms with van der Waals surface area (Å²) in [6.45, 7) is 5.97. The standard InChI is InChI=1S/C12H16N4OS/c1-12(2,3)10-9(18-16-15-10)11(17)14-8(6-13)7-4-5-7/h7-8H,4-5H2,1-3H3,(H,14,17). The van der Waals surface area contributed by atoms with Gasteiger partial charge in [-0.15, -0.1) is 5.10 Å². The van der Waals surface area contributed by atoms with Gasteiger partial charge < -0.3 is 5.32 Å². The van der Waals surface area contributed by atoms with Crippen molar-refractivity contribution < 1.29 is 4.79 Å². The van der Waals surface area contributed by atoms with Crippen molar-refractivity contribution in [1.29, 1.82) is 5.26 Å². The Morgan fingerprint density at radius 1 is 1.56 bits per heavy atom. The van der Waals surface area contributed by atoms with Gasteiger partial charge in [0.2, 0.25) is 0 Å². The number of nitrogens with one attached hydrogen (secondary N) is 1. The molecule has 1 fully saturated rings. The summed E-state index contributed by atoms with van der Waals surface area (Å²) in [5.74, 6) is 0.0892. The highest BCUT2D eigenvalue weighted by Gasteiger charge is 2.34. The molecule has 2 rings (SSSR count). The van der Waals surface area contributed by atoms with Gasteiger partial charge in [0.25, 0.3) is 5.91 Å². The topological polar surface area (TPSA) is 78.7 Å². The first-order valence-corrected chi connectivity index (χ1v) is 6.74. The van der Waals surface area contributed by atoms with Gasteiger partial charge in [0, 0.05) is 5.41 Å². The Hall–Kier alpha value is -1.48. The number of rotatable bonds is 3. The highest BCUT2D eigenvalue weighted by molar-refractivity contribution is 7.08. The van der Waals surface area contributed by atoms with E-state index in [1.54, 1.807) is 0 Å². The van der Waals surface area contributed by atoms with Gasteiger partial charge in [0.15, 0.2) is 0 Å². The lowest BCUT2D eigenvalue weighted by Gasteiger charge is -2.17. The van der Waals surface area contributed by atoms with Crippen LogP contribution in [-0.4, -0.2) is 21.5 Å². The monoisotopic (exact) mass is 264 g/mol. The van der Waals surface area contributed by atoms with E-state index >= 15 is 0 Å². The molecule has 1 saturated carbocycles. The van der Waals surface area contributed by atoms with Crippen molar-refractivity contribution in [2.75, 3.05) is 0 Å². The fourth-order valence-corrected chi connectivity index (χ4v) is 2.50. The molecule has 1 amide bonds. The molecule has 1 heterocycles. The molecule has 0 saturated heterocycles. The van der Waals surface area contributed by atoms with Crippen LogP contribution >= 0.6 is 11.5 Å². The van der Waals surface area contributed by atoms with Gasteiger partial charge in [0.1, 0.15) is 10.9 Å². The molecule has 5 nitrogen and oxygen atoms in total. The third kappa shape index (κ3) is 2.67. The van der Waals surface area contributed by atoms with Gasteiger partial charge in [-0.25, -0.2) is 0 Å². The van der Waals surface area contributed by atoms with E-state index in [4.69, 9.17) is 5.26 Å². The first-order chi connectivity index (χ1) is 8.43. The Morgan fingerprint density at radius 3 is 2.72 bits per heavy atom. The summed E-state index contributed by atoms with van der Waals surface area (Å²) in [7, 11) is 0. The summed E-state index contributed by atoms with van der Waals surface area (Å²) >= 11 is 1.09. The van der Waals surface area contributed by atoms with E-state index in [2.05, 4.69) is 21.0 Å². The van der Waals surface area contributed by atoms with Crippen LogP contribution in [0, 0.1) is 17.2 Å². The SMILES string of the molecule is CC(C)(C)c1nnsc1C(=O)NC(C#N)C1CC1. The zero-order valence-electron chi connectivity index (χ0n) is 10.7. The van der Waals surface area contributed by atoms with Crippen LogP contribution in [0.25, 0.3) is 0 Å². The Kier molecular flexibility index (Phi) is 3.35. The minimum absolute atomic E-state index is 0.221. The fraction of sp³-hybridized carbons (Fsp3) is 0.667. The summed E-state index contributed by atoms with van der Waals surface area (Å²) in [6.07, 6.45) is 2.04. The molecule has 0 bridgehead atoms. The molecule has 1 aromatic heterocycles. The lowest BCUT2D eigenvalue weighted by Crippen LogP contribution is -2.36. The van der Waals surface area contributed by atoms with Crippen LogP contribution in [-0.2, 0) is 5.41 Å². The third-order valence-corrected chi connectivity index (χ3v) is 3.65. The maximum absolute atomic E-state index is 12.1. The van der Waals surface area contributed by atoms with E-state index in [1.807, 2.05) is 20.8 Å². The summed E-state index contributed by atoms with van der Waals surface area (Å²) in [5.41, 5.74) is 0.471. The predicted molar refractivity (Wildman–Crippen MR) is 68.2 cm³/mol. The summed E-state index contributed by atoms with van der Waals surface area (Å²) in [5, 5.41) is 15.8. The summed E-state index contributed by atoms with van der Waals surface area (Å²) in [6, 6.07) is 1.76. The summed E-state index contributed by atoms with van der Waals surface area (Å²) < 4.78 is 3.85. The van der Waals surface area contributed by atoms with Gasteiger partial charge in [-0.2, -0.15) is 5.26 Å². The first-order valence-electron chi connectivity index (χ1n) is 5.97. The van der Waals surface area contributed by atoms with Crippen molar-refractivity contribution in [1.82, 2.24) is 14.9 Å². The molecule has 1 N–H and O–H groups in total. The van der Waals surface area contributed by atoms with E-state index < -0.39 is 0 Å². The quantitative estimate of drug-likeness (QED) is 0.904. The second-order valence-electron chi connectivity index (χ2n) is 5.62. The van der Waals surface area contributed by atoms with Crippen molar-refractivity contribution in [2.24, 2.45) is 5.92 Å². The number of aromatic nitrogens is 2. The molecular weight excluding hydrogens is 248 g/mol. The second-order valence-corrected chi connectivity index (χ2v) is 6.37. The molecule has 0 radical (unpaired) electrons. The lowest BCUT2D eigenvalue weighted by molar-refractivity contribution is 0.0943. The Morgan fingerprint density at radius 2 is 2.22 bits per heavy atom. The average Bonchev–Trinajstić information content (AvgIpc) is 2.99. The number of carbonyl (C=O) groups excluding carboxylic acids is 1. The largest absolute Gasteiger partial charge is 0.335 e. The number of hydrogen-bond donors (Lipinski definition) is 1. The van der Waals surface area contributed by atoms with Crippen LogP contribution in [0.1, 0.15) is 49.0 Å². The number of nitriles is 1. The van der Waals surface area contributed by atoms with Crippen LogP contribution in [0.15, 0.2) is 0 Å². The Balaban J connectivity index is 2.14. The lowest BCUT2D eigenvalue weighted by atomic mass is 9.91. The molecule has 1 aromatic rings. The molecule has 6 heteroatoms. The molecule has 96 valence electrons. The van der Waals surface area contributed by atoms with Crippen LogP contribution in [0.5, 0.6) is 0 Å². The van der Waals surface area contributed by atoms with Crippen LogP contribution in [0.3, 0.4) is 0 Å². The van der Waals surface area contributed by atoms with Crippen LogP contribution in [0.4, 0.5) is 0 Å². The molecule has 18 heavy (non-hydrogen) atoms. The normalized spacial score (nSPS) is 17.0. The molecule has 0 aliphatic heterocycles. The zero-order chi connectivity index (χ0) is 13.3. The van der Waals surface area contributed by atoms with E-state index in [-0.39, 0.29) is 17.4 Å². The van der Waals surface area contributed by atoms with Crippen molar-refractivity contribution in [3.8, 4) is 6.07 Å². The van der Waals surface area contributed by atoms with Crippen LogP contribution < -0.4 is 5.32 Å². The molecule has 1 atom stereocenters. The number of amides is 1. The van der Waals surface area contributed by atoms with Crippen LogP contribution in [0.2, 0.25) is 0 Å². The van der Waals surface area contributed by atoms with E-state index in [1.165, 1.54) is 0 Å². The van der Waals surface area contributed by atoms with Crippen molar-refractivity contribution >= 4 is 17.4 Å². The molecular formula is C12H16N4OS. The minimum Gasteiger partial charge on any atom is -0.335 e. The van der Waals surface area contributed by atoms with E-state index in [9.17, 15) is 4.79 Å². The van der Waals surface area contributed by atoms with E-state index in [0.717, 1.165) is 24.4 Å². The van der Waals surface area contributed by atoms with Gasteiger partial charge >= 0.3 is 0 Å². The van der Waals surface area contributed by atoms with E-state index in [0.29, 0.717) is 16.5 Å². The van der Waals surface area contributed by atoms with Crippen molar-refractivity contribution in [3.63, 3.8) is 0 Å². The average molecular weight is 264 g/mol. The fourth-order valence-electron chi connectivity index (χ4n) is 1.72. The number of nitrogens with zero attached hydrogens (tertiary/aromatic N) is 3. The summed E-state index contributed by atoms with van der Waals surface area (Å²) in [4.78, 5) is 12.7. The third-order valence-electron chi connectivity index (χ3n) is 2.92. The van der Waals surface area contributed by atoms with Gasteiger partial charge in [-0.1, -0.05) is 25.3 Å². The molecule has 1 aliphatic rings. The highest BCUT2D eigenvalue weighted by atomic mass is 32.1. The van der Waals surface area contributed by atoms with Gasteiger partial charge in [-0.3, -0.25) is 4.79 Å². The maximum Gasteiger partial charge on any atom is 0.266 e. The molecule has 0 spiro atoms. The minimum atomic E-state index is -0.382. The second kappa shape index (κ2) is 4.65. The Bertz CT molecular complexity index is 493. The van der Waals surface area contributed by atoms with Crippen molar-refractivity contribution in [3.05, 3.63) is 10.6 Å². The van der Waals surface area contributed by atoms with Gasteiger partial charge in [-0.05, 0) is 30.3 Å². The zero-order valence-corrected chi connectivity index (χ0v) is 11.5. The molecule has 1 unspecified atom stereocenters. The highest BCUT2D eigenvalue weighted by Crippen LogP contribution is 2.33. The smallest absolute Gasteiger partial charge is 0.266 e. The van der Waals surface area contributed by atoms with Gasteiger partial charge in [0.05, 0.1) is 11.8 Å². The van der Waals surface area contributed by atoms with Crippen molar-refractivity contribution in [2.45, 2.75) is 45.1 Å². The maximum atomic E-state index is 12.1. The molecule has 1 aliphatic carbocycles.